The molecule has 198 valence electrons. The second-order valence-corrected chi connectivity index (χ2v) is 10.7. The third-order valence-corrected chi connectivity index (χ3v) is 7.59. The van der Waals surface area contributed by atoms with Crippen LogP contribution in [0.4, 0.5) is 5.69 Å². The highest BCUT2D eigenvalue weighted by molar-refractivity contribution is 8.15. The Morgan fingerprint density at radius 2 is 1.40 bits per heavy atom. The minimum atomic E-state index is -0.610. The van der Waals surface area contributed by atoms with Crippen molar-refractivity contribution in [1.29, 1.82) is 0 Å². The Balaban J connectivity index is 1.45. The summed E-state index contributed by atoms with van der Waals surface area (Å²) in [5, 5.41) is 4.02. The molecule has 0 unspecified atom stereocenters. The molecule has 0 fully saturated rings. The quantitative estimate of drug-likeness (QED) is 0.106. The molecule has 0 aromatic heterocycles. The highest BCUT2D eigenvalue weighted by Gasteiger charge is 2.42. The summed E-state index contributed by atoms with van der Waals surface area (Å²) in [4.78, 5) is 42.2. The van der Waals surface area contributed by atoms with Gasteiger partial charge in [0.2, 0.25) is 5.12 Å². The lowest BCUT2D eigenvalue weighted by Gasteiger charge is -2.27. The zero-order valence-corrected chi connectivity index (χ0v) is 23.2. The van der Waals surface area contributed by atoms with Crippen molar-refractivity contribution in [3.63, 3.8) is 0 Å². The molecule has 0 bridgehead atoms. The van der Waals surface area contributed by atoms with E-state index >= 15 is 0 Å². The van der Waals surface area contributed by atoms with E-state index in [1.54, 1.807) is 25.1 Å². The molecular formula is C32H25N3O3S2. The molecule has 0 radical (unpaired) electrons. The SMILES string of the molecule is CC(=S)C(=NNc1cccc2c1C(=O)N(C(c1ccccc1)c1ccccc1)C2=O)C(=O)SCc1ccccc1. The van der Waals surface area contributed by atoms with Gasteiger partial charge in [-0.3, -0.25) is 24.7 Å². The number of carbonyl (C=O) groups is 3. The van der Waals surface area contributed by atoms with Crippen LogP contribution in [0, 0.1) is 0 Å². The zero-order valence-electron chi connectivity index (χ0n) is 21.6. The Morgan fingerprint density at radius 1 is 0.825 bits per heavy atom. The highest BCUT2D eigenvalue weighted by atomic mass is 32.2. The summed E-state index contributed by atoms with van der Waals surface area (Å²) in [5.41, 5.74) is 6.39. The number of nitrogens with zero attached hydrogens (tertiary/aromatic N) is 2. The van der Waals surface area contributed by atoms with Gasteiger partial charge in [-0.2, -0.15) is 5.10 Å². The van der Waals surface area contributed by atoms with Gasteiger partial charge >= 0.3 is 0 Å². The van der Waals surface area contributed by atoms with Crippen LogP contribution in [0.1, 0.15) is 50.4 Å². The van der Waals surface area contributed by atoms with Crippen molar-refractivity contribution in [3.8, 4) is 0 Å². The number of thiocarbonyl (C=S) groups is 1. The third kappa shape index (κ3) is 5.64. The largest absolute Gasteiger partial charge is 0.280 e. The van der Waals surface area contributed by atoms with Gasteiger partial charge in [-0.25, -0.2) is 0 Å². The van der Waals surface area contributed by atoms with Gasteiger partial charge in [-0.05, 0) is 35.7 Å². The first-order valence-electron chi connectivity index (χ1n) is 12.6. The lowest BCUT2D eigenvalue weighted by molar-refractivity contribution is -0.105. The summed E-state index contributed by atoms with van der Waals surface area (Å²) in [6, 6.07) is 32.9. The first-order chi connectivity index (χ1) is 19.5. The molecule has 0 saturated heterocycles. The summed E-state index contributed by atoms with van der Waals surface area (Å²) in [6.07, 6.45) is 0. The molecule has 0 spiro atoms. The van der Waals surface area contributed by atoms with Gasteiger partial charge in [-0.1, -0.05) is 121 Å². The van der Waals surface area contributed by atoms with E-state index in [1.165, 1.54) is 4.90 Å². The molecule has 0 atom stereocenters. The minimum absolute atomic E-state index is 0.0913. The van der Waals surface area contributed by atoms with Crippen LogP contribution in [-0.4, -0.2) is 32.4 Å². The van der Waals surface area contributed by atoms with Crippen LogP contribution in [0.3, 0.4) is 0 Å². The topological polar surface area (TPSA) is 78.8 Å². The summed E-state index contributed by atoms with van der Waals surface area (Å²) in [7, 11) is 0. The molecule has 6 nitrogen and oxygen atoms in total. The molecule has 1 aliphatic heterocycles. The fourth-order valence-corrected chi connectivity index (χ4v) is 5.60. The summed E-state index contributed by atoms with van der Waals surface area (Å²) in [5.74, 6) is -0.364. The molecule has 1 aliphatic rings. The smallest absolute Gasteiger partial charge is 0.264 e. The Bertz CT molecular complexity index is 1570. The van der Waals surface area contributed by atoms with E-state index in [9.17, 15) is 14.4 Å². The van der Waals surface area contributed by atoms with Gasteiger partial charge < -0.3 is 0 Å². The molecule has 40 heavy (non-hydrogen) atoms. The molecule has 5 rings (SSSR count). The monoisotopic (exact) mass is 563 g/mol. The van der Waals surface area contributed by atoms with Crippen molar-refractivity contribution in [3.05, 3.63) is 137 Å². The number of benzene rings is 4. The Labute approximate surface area is 242 Å². The number of amides is 2. The van der Waals surface area contributed by atoms with Crippen LogP contribution < -0.4 is 5.43 Å². The van der Waals surface area contributed by atoms with Gasteiger partial charge in [0, 0.05) is 10.6 Å². The van der Waals surface area contributed by atoms with Crippen LogP contribution in [0.2, 0.25) is 0 Å². The number of hydrazone groups is 1. The number of rotatable bonds is 9. The summed E-state index contributed by atoms with van der Waals surface area (Å²) in [6.45, 7) is 1.63. The average Bonchev–Trinajstić information content (AvgIpc) is 3.24. The van der Waals surface area contributed by atoms with Gasteiger partial charge in [-0.15, -0.1) is 0 Å². The van der Waals surface area contributed by atoms with Gasteiger partial charge in [0.1, 0.15) is 0 Å². The zero-order chi connectivity index (χ0) is 28.1. The number of hydrogen-bond donors (Lipinski definition) is 1. The lowest BCUT2D eigenvalue weighted by atomic mass is 9.97. The fraction of sp³-hybridized carbons (Fsp3) is 0.0938. The van der Waals surface area contributed by atoms with Crippen LogP contribution in [0.5, 0.6) is 0 Å². The van der Waals surface area contributed by atoms with Crippen LogP contribution in [0.15, 0.2) is 114 Å². The standard InChI is InChI=1S/C32H25N3O3S2/c1-21(39)28(32(38)40-20-22-12-5-2-6-13-22)34-33-26-19-11-18-25-27(26)31(37)35(30(25)36)29(23-14-7-3-8-15-23)24-16-9-4-10-17-24/h2-19,29,33H,20H2,1H3. The number of imide groups is 1. The van der Waals surface area contributed by atoms with E-state index < -0.39 is 17.9 Å². The van der Waals surface area contributed by atoms with E-state index in [0.29, 0.717) is 16.3 Å². The van der Waals surface area contributed by atoms with Crippen molar-refractivity contribution in [1.82, 2.24) is 4.90 Å². The van der Waals surface area contributed by atoms with Crippen molar-refractivity contribution >= 4 is 57.2 Å². The van der Waals surface area contributed by atoms with Crippen LogP contribution >= 0.6 is 24.0 Å². The van der Waals surface area contributed by atoms with E-state index in [4.69, 9.17) is 12.2 Å². The van der Waals surface area contributed by atoms with E-state index in [-0.39, 0.29) is 22.0 Å². The minimum Gasteiger partial charge on any atom is -0.280 e. The Kier molecular flexibility index (Phi) is 8.28. The molecule has 1 N–H and O–H groups in total. The number of carbonyl (C=O) groups excluding carboxylic acids is 3. The molecule has 0 aliphatic carbocycles. The average molecular weight is 564 g/mol. The first kappa shape index (κ1) is 27.2. The number of nitrogens with one attached hydrogen (secondary N) is 1. The van der Waals surface area contributed by atoms with Crippen LogP contribution in [-0.2, 0) is 10.5 Å². The van der Waals surface area contributed by atoms with Gasteiger partial charge in [0.25, 0.3) is 11.8 Å². The lowest BCUT2D eigenvalue weighted by Crippen LogP contribution is -2.34. The maximum atomic E-state index is 13.9. The predicted molar refractivity (Wildman–Crippen MR) is 164 cm³/mol. The van der Waals surface area contributed by atoms with Gasteiger partial charge in [0.15, 0.2) is 5.71 Å². The second-order valence-electron chi connectivity index (χ2n) is 9.12. The number of hydrogen-bond acceptors (Lipinski definition) is 7. The third-order valence-electron chi connectivity index (χ3n) is 6.46. The van der Waals surface area contributed by atoms with Crippen molar-refractivity contribution in [2.24, 2.45) is 5.10 Å². The summed E-state index contributed by atoms with van der Waals surface area (Å²) >= 11 is 6.41. The summed E-state index contributed by atoms with van der Waals surface area (Å²) < 4.78 is 0. The maximum absolute atomic E-state index is 13.9. The number of anilines is 1. The normalized spacial score (nSPS) is 12.9. The first-order valence-corrected chi connectivity index (χ1v) is 14.0. The van der Waals surface area contributed by atoms with E-state index in [2.05, 4.69) is 10.5 Å². The second kappa shape index (κ2) is 12.2. The fourth-order valence-electron chi connectivity index (χ4n) is 4.57. The molecule has 4 aromatic carbocycles. The van der Waals surface area contributed by atoms with Crippen molar-refractivity contribution in [2.75, 3.05) is 5.43 Å². The van der Waals surface area contributed by atoms with Crippen molar-refractivity contribution < 1.29 is 14.4 Å². The highest BCUT2D eigenvalue weighted by Crippen LogP contribution is 2.38. The van der Waals surface area contributed by atoms with Crippen LogP contribution in [0.25, 0.3) is 0 Å². The van der Waals surface area contributed by atoms with E-state index in [1.807, 2.05) is 91.0 Å². The molecular weight excluding hydrogens is 539 g/mol. The molecule has 0 saturated carbocycles. The molecule has 8 heteroatoms. The number of thioether (sulfide) groups is 1. The van der Waals surface area contributed by atoms with Crippen molar-refractivity contribution in [2.45, 2.75) is 18.7 Å². The molecule has 1 heterocycles. The predicted octanol–water partition coefficient (Wildman–Crippen LogP) is 6.69. The Morgan fingerprint density at radius 3 is 1.98 bits per heavy atom. The molecule has 4 aromatic rings. The van der Waals surface area contributed by atoms with Gasteiger partial charge in [0.05, 0.1) is 22.9 Å². The van der Waals surface area contributed by atoms with E-state index in [0.717, 1.165) is 28.5 Å². The Hall–Kier alpha value is -4.40. The molecule has 2 amide bonds. The maximum Gasteiger partial charge on any atom is 0.264 e. The number of fused-ring (bicyclic) bond motifs is 1.